The van der Waals surface area contributed by atoms with Gasteiger partial charge in [0.2, 0.25) is 5.91 Å². The molecule has 0 fully saturated rings. The van der Waals surface area contributed by atoms with Gasteiger partial charge in [-0.05, 0) is 60.5 Å². The summed E-state index contributed by atoms with van der Waals surface area (Å²) in [5, 5.41) is 3.05. The number of nitrogens with zero attached hydrogens (tertiary/aromatic N) is 2. The topological polar surface area (TPSA) is 90.3 Å². The summed E-state index contributed by atoms with van der Waals surface area (Å²) < 4.78 is 44.2. The maximum Gasteiger partial charge on any atom is 0.220 e. The number of carbonyl (C=O) groups excluding carboxylic acids is 1. The van der Waals surface area contributed by atoms with E-state index in [9.17, 15) is 17.6 Å². The van der Waals surface area contributed by atoms with E-state index in [1.807, 2.05) is 28.8 Å². The van der Waals surface area contributed by atoms with Crippen molar-refractivity contribution in [2.45, 2.75) is 30.3 Å². The van der Waals surface area contributed by atoms with Crippen LogP contribution < -0.4 is 10.1 Å². The van der Waals surface area contributed by atoms with Crippen LogP contribution in [-0.4, -0.2) is 36.7 Å². The van der Waals surface area contributed by atoms with Crippen LogP contribution in [0.3, 0.4) is 0 Å². The van der Waals surface area contributed by atoms with E-state index in [0.29, 0.717) is 25.3 Å². The van der Waals surface area contributed by atoms with Gasteiger partial charge in [0.15, 0.2) is 9.84 Å². The molecule has 182 valence electrons. The number of hydrogen-bond donors (Lipinski definition) is 1. The van der Waals surface area contributed by atoms with Gasteiger partial charge in [-0.3, -0.25) is 4.79 Å². The molecular formula is C26H26FN3O4S. The van der Waals surface area contributed by atoms with E-state index in [1.54, 1.807) is 30.6 Å². The molecule has 0 saturated heterocycles. The first-order valence-electron chi connectivity index (χ1n) is 11.2. The van der Waals surface area contributed by atoms with Gasteiger partial charge in [0.1, 0.15) is 11.6 Å². The second-order valence-corrected chi connectivity index (χ2v) is 10.3. The molecule has 4 rings (SSSR count). The largest absolute Gasteiger partial charge is 0.494 e. The van der Waals surface area contributed by atoms with Gasteiger partial charge in [0, 0.05) is 19.2 Å². The average Bonchev–Trinajstić information content (AvgIpc) is 3.24. The van der Waals surface area contributed by atoms with Crippen LogP contribution in [0.2, 0.25) is 0 Å². The normalized spacial score (nSPS) is 12.4. The predicted molar refractivity (Wildman–Crippen MR) is 131 cm³/mol. The molecule has 0 aliphatic rings. The van der Waals surface area contributed by atoms with E-state index in [2.05, 4.69) is 10.3 Å². The summed E-state index contributed by atoms with van der Waals surface area (Å²) in [5.74, 6) is 0.0439. The van der Waals surface area contributed by atoms with Gasteiger partial charge in [-0.25, -0.2) is 17.8 Å². The Labute approximate surface area is 203 Å². The molecule has 0 bridgehead atoms. The van der Waals surface area contributed by atoms with Crippen molar-refractivity contribution >= 4 is 26.8 Å². The van der Waals surface area contributed by atoms with Crippen LogP contribution in [0.15, 0.2) is 84.0 Å². The number of para-hydroxylation sites is 2. The lowest BCUT2D eigenvalue weighted by atomic mass is 10.1. The Morgan fingerprint density at radius 3 is 2.49 bits per heavy atom. The molecule has 1 aromatic heterocycles. The Morgan fingerprint density at radius 1 is 1.06 bits per heavy atom. The lowest BCUT2D eigenvalue weighted by Gasteiger charge is -2.20. The van der Waals surface area contributed by atoms with E-state index in [0.717, 1.165) is 22.9 Å². The molecule has 35 heavy (non-hydrogen) atoms. The number of ether oxygens (including phenoxy) is 1. The summed E-state index contributed by atoms with van der Waals surface area (Å²) in [6, 6.07) is 19.6. The number of hydrogen-bond acceptors (Lipinski definition) is 5. The molecule has 0 saturated carbocycles. The van der Waals surface area contributed by atoms with Crippen LogP contribution in [0.4, 0.5) is 4.39 Å². The van der Waals surface area contributed by atoms with Crippen molar-refractivity contribution in [3.8, 4) is 5.75 Å². The number of benzene rings is 3. The Balaban J connectivity index is 1.36. The number of halogens is 1. The van der Waals surface area contributed by atoms with Crippen LogP contribution >= 0.6 is 0 Å². The van der Waals surface area contributed by atoms with E-state index in [-0.39, 0.29) is 29.1 Å². The second-order valence-electron chi connectivity index (χ2n) is 8.25. The first-order valence-corrected chi connectivity index (χ1v) is 13.1. The summed E-state index contributed by atoms with van der Waals surface area (Å²) in [4.78, 5) is 17.4. The molecule has 1 atom stereocenters. The minimum atomic E-state index is -3.26. The molecule has 3 aromatic carbocycles. The fourth-order valence-electron chi connectivity index (χ4n) is 3.75. The predicted octanol–water partition coefficient (Wildman–Crippen LogP) is 4.30. The summed E-state index contributed by atoms with van der Waals surface area (Å²) in [5.41, 5.74) is 2.60. The van der Waals surface area contributed by atoms with Crippen molar-refractivity contribution in [3.05, 3.63) is 90.5 Å². The Bertz CT molecular complexity index is 1400. The van der Waals surface area contributed by atoms with E-state index in [4.69, 9.17) is 4.74 Å². The van der Waals surface area contributed by atoms with Crippen LogP contribution in [0.5, 0.6) is 5.75 Å². The zero-order chi connectivity index (χ0) is 24.8. The number of rotatable bonds is 10. The SMILES string of the molecule is CS(=O)(=O)c1ccc(OCCCC(=O)NC(Cn2cnc3ccccc32)c2ccc(F)cc2)cc1. The van der Waals surface area contributed by atoms with Gasteiger partial charge in [-0.15, -0.1) is 0 Å². The number of imidazole rings is 1. The van der Waals surface area contributed by atoms with Crippen LogP contribution in [0.25, 0.3) is 11.0 Å². The molecule has 1 heterocycles. The molecule has 0 radical (unpaired) electrons. The first-order chi connectivity index (χ1) is 16.8. The van der Waals surface area contributed by atoms with Crippen molar-refractivity contribution in [1.29, 1.82) is 0 Å². The number of sulfone groups is 1. The number of fused-ring (bicyclic) bond motifs is 1. The lowest BCUT2D eigenvalue weighted by Crippen LogP contribution is -2.31. The van der Waals surface area contributed by atoms with Gasteiger partial charge >= 0.3 is 0 Å². The van der Waals surface area contributed by atoms with Gasteiger partial charge in [-0.2, -0.15) is 0 Å². The summed E-state index contributed by atoms with van der Waals surface area (Å²) in [6.45, 7) is 0.750. The maximum atomic E-state index is 13.5. The van der Waals surface area contributed by atoms with Crippen molar-refractivity contribution < 1.29 is 22.3 Å². The van der Waals surface area contributed by atoms with Crippen molar-refractivity contribution in [2.24, 2.45) is 0 Å². The minimum absolute atomic E-state index is 0.153. The van der Waals surface area contributed by atoms with E-state index >= 15 is 0 Å². The van der Waals surface area contributed by atoms with Crippen molar-refractivity contribution in [3.63, 3.8) is 0 Å². The summed E-state index contributed by atoms with van der Waals surface area (Å²) in [6.07, 6.45) is 3.60. The van der Waals surface area contributed by atoms with Gasteiger partial charge in [0.25, 0.3) is 0 Å². The van der Waals surface area contributed by atoms with E-state index < -0.39 is 9.84 Å². The first kappa shape index (κ1) is 24.4. The fourth-order valence-corrected chi connectivity index (χ4v) is 4.38. The second kappa shape index (κ2) is 10.7. The quantitative estimate of drug-likeness (QED) is 0.332. The third-order valence-corrected chi connectivity index (χ3v) is 6.71. The van der Waals surface area contributed by atoms with Gasteiger partial charge in [0.05, 0.1) is 34.9 Å². The number of carbonyl (C=O) groups is 1. The smallest absolute Gasteiger partial charge is 0.220 e. The molecule has 0 aliphatic heterocycles. The molecule has 4 aromatic rings. The van der Waals surface area contributed by atoms with E-state index in [1.165, 1.54) is 24.3 Å². The zero-order valence-corrected chi connectivity index (χ0v) is 20.0. The molecule has 7 nitrogen and oxygen atoms in total. The maximum absolute atomic E-state index is 13.5. The monoisotopic (exact) mass is 495 g/mol. The molecule has 1 amide bonds. The highest BCUT2D eigenvalue weighted by Gasteiger charge is 2.17. The molecule has 1 N–H and O–H groups in total. The van der Waals surface area contributed by atoms with Gasteiger partial charge < -0.3 is 14.6 Å². The third-order valence-electron chi connectivity index (χ3n) is 5.58. The Morgan fingerprint density at radius 2 is 1.77 bits per heavy atom. The van der Waals surface area contributed by atoms with Crippen molar-refractivity contribution in [2.75, 3.05) is 12.9 Å². The van der Waals surface area contributed by atoms with Crippen LogP contribution in [0.1, 0.15) is 24.4 Å². The highest BCUT2D eigenvalue weighted by Crippen LogP contribution is 2.20. The van der Waals surface area contributed by atoms with Gasteiger partial charge in [-0.1, -0.05) is 24.3 Å². The fraction of sp³-hybridized carbons (Fsp3) is 0.231. The zero-order valence-electron chi connectivity index (χ0n) is 19.2. The highest BCUT2D eigenvalue weighted by molar-refractivity contribution is 7.90. The van der Waals surface area contributed by atoms with Crippen LogP contribution in [-0.2, 0) is 21.2 Å². The van der Waals surface area contributed by atoms with Crippen molar-refractivity contribution in [1.82, 2.24) is 14.9 Å². The third kappa shape index (κ3) is 6.45. The summed E-state index contributed by atoms with van der Waals surface area (Å²) in [7, 11) is -3.26. The minimum Gasteiger partial charge on any atom is -0.494 e. The standard InChI is InChI=1S/C26H26FN3O4S/c1-35(32,33)22-14-12-21(13-15-22)34-16-4-7-26(31)29-24(19-8-10-20(27)11-9-19)17-30-18-28-23-5-2-3-6-25(23)30/h2-3,5-6,8-15,18,24H,4,7,16-17H2,1H3,(H,29,31). The Kier molecular flexibility index (Phi) is 7.45. The van der Waals surface area contributed by atoms with Crippen LogP contribution in [0, 0.1) is 5.82 Å². The molecule has 1 unspecified atom stereocenters. The average molecular weight is 496 g/mol. The molecule has 0 aliphatic carbocycles. The molecular weight excluding hydrogens is 469 g/mol. The Hall–Kier alpha value is -3.72. The molecule has 9 heteroatoms. The molecule has 0 spiro atoms. The summed E-state index contributed by atoms with van der Waals surface area (Å²) >= 11 is 0. The number of aromatic nitrogens is 2. The number of nitrogens with one attached hydrogen (secondary N) is 1. The lowest BCUT2D eigenvalue weighted by molar-refractivity contribution is -0.122. The number of amides is 1. The highest BCUT2D eigenvalue weighted by atomic mass is 32.2.